The maximum absolute atomic E-state index is 4.14. The first kappa shape index (κ1) is 13.9. The fraction of sp³-hybridized carbons (Fsp3) is 0.300. The number of aromatic nitrogens is 1. The number of hydrogen-bond donors (Lipinski definition) is 0. The van der Waals surface area contributed by atoms with E-state index in [4.69, 9.17) is 0 Å². The number of fused-ring (bicyclic) bond motifs is 1. The Labute approximate surface area is 106 Å². The van der Waals surface area contributed by atoms with E-state index >= 15 is 0 Å². The van der Waals surface area contributed by atoms with Gasteiger partial charge in [0.05, 0.1) is 15.7 Å². The SMILES string of the molecule is CN(C)C.[Sn].c1ccc2scnc2c1. The van der Waals surface area contributed by atoms with Crippen LogP contribution in [0.15, 0.2) is 29.8 Å². The van der Waals surface area contributed by atoms with Crippen LogP contribution in [0.1, 0.15) is 0 Å². The molecule has 2 rings (SSSR count). The first-order valence-corrected chi connectivity index (χ1v) is 4.97. The number of thiazole rings is 1. The van der Waals surface area contributed by atoms with Gasteiger partial charge in [0.2, 0.25) is 0 Å². The Bertz CT molecular complexity index is 327. The summed E-state index contributed by atoms with van der Waals surface area (Å²) < 4.78 is 1.26. The van der Waals surface area contributed by atoms with Gasteiger partial charge in [-0.15, -0.1) is 11.3 Å². The minimum atomic E-state index is 0. The Kier molecular flexibility index (Phi) is 7.13. The van der Waals surface area contributed by atoms with Gasteiger partial charge in [0.25, 0.3) is 0 Å². The second kappa shape index (κ2) is 7.20. The van der Waals surface area contributed by atoms with Crippen LogP contribution in [0.3, 0.4) is 0 Å². The molecule has 0 saturated carbocycles. The number of rotatable bonds is 0. The summed E-state index contributed by atoms with van der Waals surface area (Å²) in [5.41, 5.74) is 2.97. The van der Waals surface area contributed by atoms with Crippen molar-refractivity contribution >= 4 is 45.5 Å². The third-order valence-electron chi connectivity index (χ3n) is 1.24. The van der Waals surface area contributed by atoms with Crippen LogP contribution in [0.4, 0.5) is 0 Å². The smallest absolute Gasteiger partial charge is 0.0812 e. The van der Waals surface area contributed by atoms with Crippen molar-refractivity contribution in [3.8, 4) is 0 Å². The van der Waals surface area contributed by atoms with Crippen molar-refractivity contribution in [1.82, 2.24) is 9.88 Å². The Balaban J connectivity index is 0.000000299. The Hall–Kier alpha value is -0.131. The largest absolute Gasteiger partial charge is 0.312 e. The van der Waals surface area contributed by atoms with Crippen molar-refractivity contribution in [3.63, 3.8) is 0 Å². The molecule has 0 aliphatic heterocycles. The van der Waals surface area contributed by atoms with Gasteiger partial charge in [-0.05, 0) is 33.3 Å². The molecule has 0 unspecified atom stereocenters. The first-order valence-electron chi connectivity index (χ1n) is 4.09. The van der Waals surface area contributed by atoms with Gasteiger partial charge < -0.3 is 4.90 Å². The fourth-order valence-corrected chi connectivity index (χ4v) is 1.48. The van der Waals surface area contributed by atoms with Crippen LogP contribution in [0.25, 0.3) is 10.2 Å². The van der Waals surface area contributed by atoms with Gasteiger partial charge in [0.1, 0.15) is 0 Å². The van der Waals surface area contributed by atoms with E-state index in [1.54, 1.807) is 11.3 Å². The molecule has 0 spiro atoms. The molecular formula is C10H14N2SSn. The zero-order valence-corrected chi connectivity index (χ0v) is 12.4. The number of nitrogens with zero attached hydrogens (tertiary/aromatic N) is 2. The molecule has 1 aromatic carbocycles. The molecule has 4 heteroatoms. The Morgan fingerprint density at radius 1 is 1.14 bits per heavy atom. The summed E-state index contributed by atoms with van der Waals surface area (Å²) in [4.78, 5) is 6.14. The van der Waals surface area contributed by atoms with Crippen molar-refractivity contribution in [2.75, 3.05) is 21.1 Å². The molecule has 0 aliphatic carbocycles. The predicted octanol–water partition coefficient (Wildman–Crippen LogP) is 2.09. The van der Waals surface area contributed by atoms with E-state index in [2.05, 4.69) is 11.1 Å². The van der Waals surface area contributed by atoms with Crippen molar-refractivity contribution in [2.45, 2.75) is 0 Å². The van der Waals surface area contributed by atoms with Crippen molar-refractivity contribution in [2.24, 2.45) is 0 Å². The maximum atomic E-state index is 4.14. The molecule has 0 saturated heterocycles. The van der Waals surface area contributed by atoms with Crippen LogP contribution in [-0.2, 0) is 0 Å². The zero-order valence-electron chi connectivity index (χ0n) is 8.69. The molecule has 0 aliphatic rings. The second-order valence-electron chi connectivity index (χ2n) is 3.16. The number of hydrogen-bond acceptors (Lipinski definition) is 3. The van der Waals surface area contributed by atoms with Crippen LogP contribution in [-0.4, -0.2) is 54.9 Å². The topological polar surface area (TPSA) is 16.1 Å². The van der Waals surface area contributed by atoms with Gasteiger partial charge in [-0.2, -0.15) is 0 Å². The van der Waals surface area contributed by atoms with E-state index in [1.807, 2.05) is 49.8 Å². The van der Waals surface area contributed by atoms with Crippen LogP contribution in [0, 0.1) is 0 Å². The maximum Gasteiger partial charge on any atom is 0.0812 e. The van der Waals surface area contributed by atoms with Crippen molar-refractivity contribution in [3.05, 3.63) is 29.8 Å². The molecule has 0 bridgehead atoms. The Morgan fingerprint density at radius 2 is 1.71 bits per heavy atom. The molecule has 0 atom stereocenters. The molecule has 74 valence electrons. The van der Waals surface area contributed by atoms with E-state index in [-0.39, 0.29) is 23.9 Å². The summed E-state index contributed by atoms with van der Waals surface area (Å²) in [5, 5.41) is 0. The molecule has 1 heterocycles. The summed E-state index contributed by atoms with van der Waals surface area (Å²) in [6.07, 6.45) is 0. The molecular weight excluding hydrogens is 299 g/mol. The molecule has 2 aromatic rings. The fourth-order valence-electron chi connectivity index (χ4n) is 0.803. The summed E-state index contributed by atoms with van der Waals surface area (Å²) in [6.45, 7) is 0. The molecule has 0 fully saturated rings. The normalized spacial score (nSPS) is 9.14. The van der Waals surface area contributed by atoms with E-state index in [1.165, 1.54) is 4.70 Å². The average molecular weight is 313 g/mol. The number of para-hydroxylation sites is 1. The third kappa shape index (κ3) is 4.93. The molecule has 14 heavy (non-hydrogen) atoms. The molecule has 4 radical (unpaired) electrons. The molecule has 2 nitrogen and oxygen atoms in total. The second-order valence-corrected chi connectivity index (χ2v) is 4.05. The van der Waals surface area contributed by atoms with E-state index in [0.717, 1.165) is 5.52 Å². The van der Waals surface area contributed by atoms with Gasteiger partial charge in [-0.1, -0.05) is 12.1 Å². The summed E-state index contributed by atoms with van der Waals surface area (Å²) in [5.74, 6) is 0. The number of benzene rings is 1. The van der Waals surface area contributed by atoms with Gasteiger partial charge >= 0.3 is 0 Å². The van der Waals surface area contributed by atoms with Crippen molar-refractivity contribution in [1.29, 1.82) is 0 Å². The van der Waals surface area contributed by atoms with E-state index < -0.39 is 0 Å². The van der Waals surface area contributed by atoms with Crippen LogP contribution >= 0.6 is 11.3 Å². The van der Waals surface area contributed by atoms with Crippen LogP contribution < -0.4 is 0 Å². The quantitative estimate of drug-likeness (QED) is 0.693. The standard InChI is InChI=1S/C7H5NS.C3H9N.Sn/c1-2-4-7-6(3-1)8-5-9-7;1-4(2)3;/h1-5H;1-3H3;. The monoisotopic (exact) mass is 314 g/mol. The van der Waals surface area contributed by atoms with Crippen LogP contribution in [0.5, 0.6) is 0 Å². The third-order valence-corrected chi connectivity index (χ3v) is 2.05. The van der Waals surface area contributed by atoms with Gasteiger partial charge in [-0.25, -0.2) is 4.98 Å². The summed E-state index contributed by atoms with van der Waals surface area (Å²) in [6, 6.07) is 8.13. The summed E-state index contributed by atoms with van der Waals surface area (Å²) >= 11 is 1.68. The molecule has 1 aromatic heterocycles. The van der Waals surface area contributed by atoms with Gasteiger partial charge in [-0.3, -0.25) is 0 Å². The van der Waals surface area contributed by atoms with Gasteiger partial charge in [0.15, 0.2) is 0 Å². The minimum absolute atomic E-state index is 0. The minimum Gasteiger partial charge on any atom is -0.312 e. The van der Waals surface area contributed by atoms with Gasteiger partial charge in [0, 0.05) is 23.9 Å². The molecule has 0 N–H and O–H groups in total. The molecule has 0 amide bonds. The Morgan fingerprint density at radius 3 is 2.29 bits per heavy atom. The van der Waals surface area contributed by atoms with E-state index in [0.29, 0.717) is 0 Å². The van der Waals surface area contributed by atoms with E-state index in [9.17, 15) is 0 Å². The predicted molar refractivity (Wildman–Crippen MR) is 65.0 cm³/mol. The zero-order chi connectivity index (χ0) is 9.68. The summed E-state index contributed by atoms with van der Waals surface area (Å²) in [7, 11) is 6.00. The van der Waals surface area contributed by atoms with Crippen LogP contribution in [0.2, 0.25) is 0 Å². The average Bonchev–Trinajstić information content (AvgIpc) is 2.49. The van der Waals surface area contributed by atoms with Crippen molar-refractivity contribution < 1.29 is 0 Å². The first-order chi connectivity index (χ1) is 6.20.